The van der Waals surface area contributed by atoms with E-state index >= 15 is 0 Å². The summed E-state index contributed by atoms with van der Waals surface area (Å²) in [6.07, 6.45) is 1.71. The summed E-state index contributed by atoms with van der Waals surface area (Å²) in [5.74, 6) is 0.834. The quantitative estimate of drug-likeness (QED) is 0.440. The molecule has 0 spiro atoms. The topological polar surface area (TPSA) is 104 Å². The molecule has 4 N–H and O–H groups in total. The highest BCUT2D eigenvalue weighted by Gasteiger charge is 2.08. The summed E-state index contributed by atoms with van der Waals surface area (Å²) < 4.78 is 26.5. The zero-order valence-electron chi connectivity index (χ0n) is 16.5. The van der Waals surface area contributed by atoms with E-state index in [-0.39, 0.29) is 12.2 Å². The van der Waals surface area contributed by atoms with Gasteiger partial charge in [-0.25, -0.2) is 28.5 Å². The second kappa shape index (κ2) is 9.59. The fourth-order valence-electron chi connectivity index (χ4n) is 2.58. The number of nitrogens with one attached hydrogen (secondary N) is 4. The Bertz CT molecular complexity index is 1050. The average Bonchev–Trinajstić information content (AvgIpc) is 2.67. The predicted molar refractivity (Wildman–Crippen MR) is 111 cm³/mol. The van der Waals surface area contributed by atoms with Crippen molar-refractivity contribution in [3.63, 3.8) is 0 Å². The molecule has 0 aliphatic heterocycles. The summed E-state index contributed by atoms with van der Waals surface area (Å²) >= 11 is 0. The molecule has 0 aliphatic carbocycles. The zero-order valence-corrected chi connectivity index (χ0v) is 16.5. The standard InChI is InChI=1S/C20H21F2N7O/c1-12-5-6-23-17(9-12)29-19-11-18(26-13(2)27-19)24-7-8-25-20(30)28-16-4-3-14(21)10-15(16)22/h3-6,9-11H,7-8H2,1-2H3,(H2,25,28,30)(H2,23,24,26,27,29). The SMILES string of the molecule is Cc1ccnc(Nc2cc(NCCNC(=O)Nc3ccc(F)cc3F)nc(C)n2)c1. The Morgan fingerprint density at radius 3 is 2.53 bits per heavy atom. The summed E-state index contributed by atoms with van der Waals surface area (Å²) in [7, 11) is 0. The first-order chi connectivity index (χ1) is 14.4. The van der Waals surface area contributed by atoms with Gasteiger partial charge >= 0.3 is 6.03 Å². The molecule has 3 rings (SSSR count). The highest BCUT2D eigenvalue weighted by Crippen LogP contribution is 2.17. The molecule has 2 heterocycles. The van der Waals surface area contributed by atoms with Gasteiger partial charge in [0.2, 0.25) is 0 Å². The Morgan fingerprint density at radius 2 is 1.77 bits per heavy atom. The van der Waals surface area contributed by atoms with Crippen molar-refractivity contribution in [2.75, 3.05) is 29.0 Å². The number of nitrogens with zero attached hydrogens (tertiary/aromatic N) is 3. The molecule has 30 heavy (non-hydrogen) atoms. The van der Waals surface area contributed by atoms with Gasteiger partial charge in [-0.15, -0.1) is 0 Å². The maximum atomic E-state index is 13.6. The van der Waals surface area contributed by atoms with Gasteiger partial charge < -0.3 is 21.3 Å². The van der Waals surface area contributed by atoms with Crippen LogP contribution in [0.3, 0.4) is 0 Å². The zero-order chi connectivity index (χ0) is 21.5. The Morgan fingerprint density at radius 1 is 0.967 bits per heavy atom. The van der Waals surface area contributed by atoms with Crippen LogP contribution in [0, 0.1) is 25.5 Å². The van der Waals surface area contributed by atoms with Crippen LogP contribution < -0.4 is 21.3 Å². The molecule has 0 aliphatic rings. The number of urea groups is 1. The second-order valence-corrected chi connectivity index (χ2v) is 6.46. The van der Waals surface area contributed by atoms with Crippen LogP contribution in [-0.2, 0) is 0 Å². The highest BCUT2D eigenvalue weighted by atomic mass is 19.1. The summed E-state index contributed by atoms with van der Waals surface area (Å²) in [4.78, 5) is 24.7. The smallest absolute Gasteiger partial charge is 0.319 e. The van der Waals surface area contributed by atoms with Gasteiger partial charge in [0.1, 0.15) is 34.9 Å². The van der Waals surface area contributed by atoms with Crippen LogP contribution in [0.4, 0.5) is 36.7 Å². The maximum Gasteiger partial charge on any atom is 0.319 e. The van der Waals surface area contributed by atoms with Gasteiger partial charge in [0, 0.05) is 31.4 Å². The number of aromatic nitrogens is 3. The van der Waals surface area contributed by atoms with Gasteiger partial charge in [0.05, 0.1) is 5.69 Å². The summed E-state index contributed by atoms with van der Waals surface area (Å²) in [6, 6.07) is 7.85. The van der Waals surface area contributed by atoms with Crippen molar-refractivity contribution in [3.05, 3.63) is 65.6 Å². The molecular weight excluding hydrogens is 392 g/mol. The lowest BCUT2D eigenvalue weighted by Gasteiger charge is -2.11. The van der Waals surface area contributed by atoms with Gasteiger partial charge in [-0.2, -0.15) is 0 Å². The fourth-order valence-corrected chi connectivity index (χ4v) is 2.58. The molecule has 0 radical (unpaired) electrons. The van der Waals surface area contributed by atoms with Crippen molar-refractivity contribution in [2.24, 2.45) is 0 Å². The number of hydrogen-bond acceptors (Lipinski definition) is 6. The summed E-state index contributed by atoms with van der Waals surface area (Å²) in [5, 5.41) is 11.1. The van der Waals surface area contributed by atoms with Crippen molar-refractivity contribution in [2.45, 2.75) is 13.8 Å². The van der Waals surface area contributed by atoms with E-state index in [2.05, 4.69) is 36.2 Å². The third-order valence-corrected chi connectivity index (χ3v) is 3.91. The molecule has 10 heteroatoms. The van der Waals surface area contributed by atoms with Crippen LogP contribution in [0.5, 0.6) is 0 Å². The third-order valence-electron chi connectivity index (χ3n) is 3.91. The van der Waals surface area contributed by atoms with E-state index in [9.17, 15) is 13.6 Å². The van der Waals surface area contributed by atoms with Crippen molar-refractivity contribution in [1.82, 2.24) is 20.3 Å². The van der Waals surface area contributed by atoms with E-state index in [1.54, 1.807) is 19.2 Å². The van der Waals surface area contributed by atoms with Crippen LogP contribution in [-0.4, -0.2) is 34.1 Å². The molecular formula is C20H21F2N7O. The van der Waals surface area contributed by atoms with E-state index in [4.69, 9.17) is 0 Å². The first-order valence-electron chi connectivity index (χ1n) is 9.18. The van der Waals surface area contributed by atoms with E-state index in [1.807, 2.05) is 19.1 Å². The lowest BCUT2D eigenvalue weighted by Crippen LogP contribution is -2.33. The normalized spacial score (nSPS) is 10.4. The van der Waals surface area contributed by atoms with Gasteiger partial charge in [0.25, 0.3) is 0 Å². The lowest BCUT2D eigenvalue weighted by atomic mass is 10.3. The monoisotopic (exact) mass is 413 g/mol. The molecule has 3 aromatic rings. The number of pyridine rings is 1. The molecule has 2 aromatic heterocycles. The Labute approximate surface area is 172 Å². The van der Waals surface area contributed by atoms with E-state index in [0.717, 1.165) is 17.7 Å². The van der Waals surface area contributed by atoms with Gasteiger partial charge in [0.15, 0.2) is 0 Å². The number of rotatable bonds is 7. The lowest BCUT2D eigenvalue weighted by molar-refractivity contribution is 0.252. The number of anilines is 4. The van der Waals surface area contributed by atoms with Crippen molar-refractivity contribution >= 4 is 29.2 Å². The fraction of sp³-hybridized carbons (Fsp3) is 0.200. The minimum Gasteiger partial charge on any atom is -0.368 e. The largest absolute Gasteiger partial charge is 0.368 e. The van der Waals surface area contributed by atoms with E-state index in [0.29, 0.717) is 35.9 Å². The molecule has 1 aromatic carbocycles. The Kier molecular flexibility index (Phi) is 6.68. The van der Waals surface area contributed by atoms with Gasteiger partial charge in [-0.1, -0.05) is 0 Å². The Hall–Kier alpha value is -3.82. The molecule has 156 valence electrons. The van der Waals surface area contributed by atoms with Crippen molar-refractivity contribution < 1.29 is 13.6 Å². The van der Waals surface area contributed by atoms with Crippen LogP contribution >= 0.6 is 0 Å². The van der Waals surface area contributed by atoms with Crippen molar-refractivity contribution in [3.8, 4) is 0 Å². The molecule has 0 bridgehead atoms. The first kappa shape index (κ1) is 20.9. The predicted octanol–water partition coefficient (Wildman–Crippen LogP) is 3.74. The van der Waals surface area contributed by atoms with Crippen LogP contribution in [0.2, 0.25) is 0 Å². The summed E-state index contributed by atoms with van der Waals surface area (Å²) in [6.45, 7) is 4.36. The molecule has 0 saturated heterocycles. The molecule has 0 atom stereocenters. The van der Waals surface area contributed by atoms with Crippen LogP contribution in [0.25, 0.3) is 0 Å². The second-order valence-electron chi connectivity index (χ2n) is 6.46. The molecule has 0 unspecified atom stereocenters. The minimum atomic E-state index is -0.845. The number of aryl methyl sites for hydroxylation is 2. The van der Waals surface area contributed by atoms with E-state index < -0.39 is 17.7 Å². The van der Waals surface area contributed by atoms with Crippen molar-refractivity contribution in [1.29, 1.82) is 0 Å². The summed E-state index contributed by atoms with van der Waals surface area (Å²) in [5.41, 5.74) is 0.968. The third kappa shape index (κ3) is 6.09. The number of carbonyl (C=O) groups is 1. The molecule has 8 nitrogen and oxygen atoms in total. The number of amides is 2. The number of benzene rings is 1. The molecule has 2 amide bonds. The minimum absolute atomic E-state index is 0.103. The van der Waals surface area contributed by atoms with Gasteiger partial charge in [-0.05, 0) is 43.7 Å². The van der Waals surface area contributed by atoms with Crippen LogP contribution in [0.1, 0.15) is 11.4 Å². The highest BCUT2D eigenvalue weighted by molar-refractivity contribution is 5.89. The van der Waals surface area contributed by atoms with Crippen LogP contribution in [0.15, 0.2) is 42.6 Å². The van der Waals surface area contributed by atoms with Gasteiger partial charge in [-0.3, -0.25) is 0 Å². The molecule has 0 saturated carbocycles. The first-order valence-corrected chi connectivity index (χ1v) is 9.18. The molecule has 0 fully saturated rings. The van der Waals surface area contributed by atoms with E-state index in [1.165, 1.54) is 0 Å². The number of carbonyl (C=O) groups excluding carboxylic acids is 1. The Balaban J connectivity index is 1.49. The number of halogens is 2. The number of hydrogen-bond donors (Lipinski definition) is 4. The average molecular weight is 413 g/mol. The maximum absolute atomic E-state index is 13.6.